The first-order valence-corrected chi connectivity index (χ1v) is 11.1. The van der Waals surface area contributed by atoms with E-state index in [1.165, 1.54) is 29.1 Å². The highest BCUT2D eigenvalue weighted by molar-refractivity contribution is 7.91. The van der Waals surface area contributed by atoms with Crippen LogP contribution in [0.2, 0.25) is 0 Å². The Hall–Kier alpha value is -3.16. The van der Waals surface area contributed by atoms with E-state index >= 15 is 0 Å². The van der Waals surface area contributed by atoms with E-state index in [0.717, 1.165) is 12.1 Å². The number of aliphatic hydroxyl groups excluding tert-OH is 1. The molecule has 33 heavy (non-hydrogen) atoms. The number of carbonyl (C=O) groups excluding carboxylic acids is 1. The Balaban J connectivity index is 1.67. The maximum atomic E-state index is 12.9. The molecule has 9 nitrogen and oxygen atoms in total. The van der Waals surface area contributed by atoms with Gasteiger partial charge in [-0.15, -0.1) is 13.2 Å². The fourth-order valence-corrected chi connectivity index (χ4v) is 4.73. The molecule has 1 amide bonds. The predicted molar refractivity (Wildman–Crippen MR) is 111 cm³/mol. The Morgan fingerprint density at radius 2 is 1.97 bits per heavy atom. The number of benzene rings is 1. The van der Waals surface area contributed by atoms with Gasteiger partial charge in [0.2, 0.25) is 0 Å². The van der Waals surface area contributed by atoms with E-state index in [1.54, 1.807) is 13.2 Å². The van der Waals surface area contributed by atoms with Gasteiger partial charge in [-0.3, -0.25) is 9.48 Å². The number of aromatic nitrogens is 4. The number of halogens is 3. The minimum atomic E-state index is -4.82. The fraction of sp³-hybridized carbons (Fsp3) is 0.300. The van der Waals surface area contributed by atoms with Crippen LogP contribution in [0, 0.1) is 0 Å². The van der Waals surface area contributed by atoms with E-state index in [0.29, 0.717) is 11.1 Å². The zero-order valence-electron chi connectivity index (χ0n) is 17.1. The maximum Gasteiger partial charge on any atom is 0.573 e. The van der Waals surface area contributed by atoms with Crippen LogP contribution in [0.25, 0.3) is 22.6 Å². The number of rotatable bonds is 5. The molecule has 0 bridgehead atoms. The predicted octanol–water partition coefficient (Wildman–Crippen LogP) is 1.66. The van der Waals surface area contributed by atoms with Gasteiger partial charge in [0.05, 0.1) is 17.5 Å². The summed E-state index contributed by atoms with van der Waals surface area (Å²) in [5.74, 6) is -0.622. The number of nitrogens with zero attached hydrogens (tertiary/aromatic N) is 4. The van der Waals surface area contributed by atoms with Crippen molar-refractivity contribution in [2.24, 2.45) is 7.05 Å². The van der Waals surface area contributed by atoms with Gasteiger partial charge in [-0.1, -0.05) is 0 Å². The van der Waals surface area contributed by atoms with Gasteiger partial charge in [0.25, 0.3) is 5.91 Å². The first kappa shape index (κ1) is 23.0. The molecule has 3 atom stereocenters. The standard InChI is InChI=1S/C20H18F3N5O4S/c1-28-8-12(7-24-28)18-25-14(11-2-4-13(5-3-11)32-20(21,22)23)6-15(26-18)19(30)27-16-9-33(31)10-17(16)29/h2-8,16-17,29H,9-10H2,1H3,(H,27,30)/t16-,17+,33?/m0/s1. The minimum Gasteiger partial charge on any atom is -0.616 e. The van der Waals surface area contributed by atoms with Crippen LogP contribution < -0.4 is 10.1 Å². The Morgan fingerprint density at radius 3 is 2.55 bits per heavy atom. The Morgan fingerprint density at radius 1 is 1.24 bits per heavy atom. The van der Waals surface area contributed by atoms with E-state index in [4.69, 9.17) is 0 Å². The normalized spacial score (nSPS) is 20.6. The van der Waals surface area contributed by atoms with Crippen molar-refractivity contribution in [2.45, 2.75) is 18.5 Å². The van der Waals surface area contributed by atoms with Crippen LogP contribution in [0.5, 0.6) is 5.75 Å². The molecule has 1 aromatic carbocycles. The number of carbonyl (C=O) groups is 1. The third-order valence-electron chi connectivity index (χ3n) is 4.81. The highest BCUT2D eigenvalue weighted by atomic mass is 32.2. The molecule has 3 heterocycles. The highest BCUT2D eigenvalue weighted by Gasteiger charge is 2.37. The number of hydrogen-bond acceptors (Lipinski definition) is 7. The number of nitrogens with one attached hydrogen (secondary N) is 1. The van der Waals surface area contributed by atoms with Crippen LogP contribution in [0.1, 0.15) is 10.5 Å². The summed E-state index contributed by atoms with van der Waals surface area (Å²) in [7, 11) is 1.70. The van der Waals surface area contributed by atoms with Gasteiger partial charge in [-0.05, 0) is 41.5 Å². The number of aryl methyl sites for hydroxylation is 1. The largest absolute Gasteiger partial charge is 0.616 e. The summed E-state index contributed by atoms with van der Waals surface area (Å²) in [4.78, 5) is 21.6. The molecule has 174 valence electrons. The third-order valence-corrected chi connectivity index (χ3v) is 6.25. The van der Waals surface area contributed by atoms with Gasteiger partial charge in [0.15, 0.2) is 5.82 Å². The smallest absolute Gasteiger partial charge is 0.573 e. The lowest BCUT2D eigenvalue weighted by Gasteiger charge is -2.14. The van der Waals surface area contributed by atoms with E-state index < -0.39 is 41.3 Å². The Labute approximate surface area is 188 Å². The Bertz CT molecular complexity index is 1160. The van der Waals surface area contributed by atoms with Gasteiger partial charge in [0.1, 0.15) is 35.1 Å². The van der Waals surface area contributed by atoms with Crippen LogP contribution in [0.3, 0.4) is 0 Å². The lowest BCUT2D eigenvalue weighted by Crippen LogP contribution is -2.42. The second-order valence-corrected chi connectivity index (χ2v) is 8.90. The molecule has 1 fully saturated rings. The van der Waals surface area contributed by atoms with Crippen molar-refractivity contribution in [3.05, 3.63) is 48.4 Å². The van der Waals surface area contributed by atoms with Crippen molar-refractivity contribution in [2.75, 3.05) is 11.5 Å². The number of alkyl halides is 3. The molecule has 0 spiro atoms. The molecular weight excluding hydrogens is 463 g/mol. The molecule has 0 saturated carbocycles. The molecule has 2 N–H and O–H groups in total. The number of hydrogen-bond donors (Lipinski definition) is 2. The summed E-state index contributed by atoms with van der Waals surface area (Å²) in [6, 6.07) is 5.73. The second-order valence-electron chi connectivity index (χ2n) is 7.36. The maximum absolute atomic E-state index is 12.9. The lowest BCUT2D eigenvalue weighted by molar-refractivity contribution is -0.274. The van der Waals surface area contributed by atoms with Crippen LogP contribution in [0.4, 0.5) is 13.2 Å². The van der Waals surface area contributed by atoms with E-state index in [2.05, 4.69) is 25.1 Å². The van der Waals surface area contributed by atoms with Gasteiger partial charge >= 0.3 is 6.36 Å². The Kier molecular flexibility index (Phi) is 6.28. The van der Waals surface area contributed by atoms with Crippen LogP contribution in [-0.4, -0.2) is 65.3 Å². The summed E-state index contributed by atoms with van der Waals surface area (Å²) < 4.78 is 54.4. The molecule has 3 aromatic rings. The average Bonchev–Trinajstić information content (AvgIpc) is 3.31. The molecule has 2 aromatic heterocycles. The van der Waals surface area contributed by atoms with Gasteiger partial charge in [0, 0.05) is 18.8 Å². The van der Waals surface area contributed by atoms with Crippen molar-refractivity contribution in [1.29, 1.82) is 0 Å². The molecule has 1 aliphatic rings. The van der Waals surface area contributed by atoms with Crippen LogP contribution in [-0.2, 0) is 18.2 Å². The van der Waals surface area contributed by atoms with Crippen molar-refractivity contribution in [3.8, 4) is 28.4 Å². The first-order chi connectivity index (χ1) is 15.6. The average molecular weight is 481 g/mol. The molecule has 1 unspecified atom stereocenters. The van der Waals surface area contributed by atoms with Crippen molar-refractivity contribution in [1.82, 2.24) is 25.1 Å². The summed E-state index contributed by atoms with van der Waals surface area (Å²) in [6.07, 6.45) is -2.60. The monoisotopic (exact) mass is 481 g/mol. The molecular formula is C20H18F3N5O4S. The summed E-state index contributed by atoms with van der Waals surface area (Å²) in [5.41, 5.74) is 1.20. The SMILES string of the molecule is Cn1cc(-c2nc(C(=O)N[C@H]3C[S+]([O-])C[C@H]3O)cc(-c3ccc(OC(F)(F)F)cc3)n2)cn1. The van der Waals surface area contributed by atoms with E-state index in [-0.39, 0.29) is 28.7 Å². The first-order valence-electron chi connectivity index (χ1n) is 9.65. The molecule has 1 aliphatic heterocycles. The minimum absolute atomic E-state index is 0.0284. The highest BCUT2D eigenvalue weighted by Crippen LogP contribution is 2.27. The molecule has 13 heteroatoms. The summed E-state index contributed by atoms with van der Waals surface area (Å²) >= 11 is -1.23. The quantitative estimate of drug-likeness (QED) is 0.531. The summed E-state index contributed by atoms with van der Waals surface area (Å²) in [6.45, 7) is 0. The summed E-state index contributed by atoms with van der Waals surface area (Å²) in [5, 5.41) is 16.7. The zero-order chi connectivity index (χ0) is 23.8. The van der Waals surface area contributed by atoms with Gasteiger partial charge < -0.3 is 19.7 Å². The van der Waals surface area contributed by atoms with Crippen LogP contribution in [0.15, 0.2) is 42.7 Å². The molecule has 4 rings (SSSR count). The van der Waals surface area contributed by atoms with Gasteiger partial charge in [-0.25, -0.2) is 9.97 Å². The fourth-order valence-electron chi connectivity index (χ4n) is 3.27. The number of ether oxygens (including phenoxy) is 1. The van der Waals surface area contributed by atoms with Crippen molar-refractivity contribution in [3.63, 3.8) is 0 Å². The third kappa shape index (κ3) is 5.61. The lowest BCUT2D eigenvalue weighted by atomic mass is 10.1. The topological polar surface area (TPSA) is 125 Å². The molecule has 0 radical (unpaired) electrons. The van der Waals surface area contributed by atoms with E-state index in [9.17, 15) is 27.6 Å². The van der Waals surface area contributed by atoms with Gasteiger partial charge in [-0.2, -0.15) is 5.10 Å². The van der Waals surface area contributed by atoms with Crippen molar-refractivity contribution < 1.29 is 32.4 Å². The second kappa shape index (κ2) is 9.00. The van der Waals surface area contributed by atoms with Crippen molar-refractivity contribution >= 4 is 17.1 Å². The number of aliphatic hydroxyl groups is 1. The molecule has 1 saturated heterocycles. The number of amides is 1. The van der Waals surface area contributed by atoms with Crippen LogP contribution >= 0.6 is 0 Å². The van der Waals surface area contributed by atoms with E-state index in [1.807, 2.05) is 0 Å². The molecule has 0 aliphatic carbocycles. The zero-order valence-corrected chi connectivity index (χ0v) is 17.9.